The number of hydrogen-bond acceptors (Lipinski definition) is 10. The second-order valence-electron chi connectivity index (χ2n) is 6.89. The van der Waals surface area contributed by atoms with Gasteiger partial charge in [-0.1, -0.05) is 64.7 Å². The molecule has 178 valence electrons. The molecule has 0 aliphatic heterocycles. The van der Waals surface area contributed by atoms with Crippen LogP contribution in [0.1, 0.15) is 71.1 Å². The van der Waals surface area contributed by atoms with Crippen LogP contribution in [0.3, 0.4) is 0 Å². The summed E-state index contributed by atoms with van der Waals surface area (Å²) in [5, 5.41) is 52.2. The van der Waals surface area contributed by atoms with Gasteiger partial charge in [-0.15, -0.1) is 0 Å². The van der Waals surface area contributed by atoms with Crippen LogP contribution in [0.5, 0.6) is 0 Å². The van der Waals surface area contributed by atoms with Gasteiger partial charge in [-0.05, 0) is 6.42 Å². The summed E-state index contributed by atoms with van der Waals surface area (Å²) in [6, 6.07) is 0. The Morgan fingerprint density at radius 3 is 1.37 bits per heavy atom. The molecule has 0 radical (unpaired) electrons. The van der Waals surface area contributed by atoms with Crippen molar-refractivity contribution < 1.29 is 77.4 Å². The summed E-state index contributed by atoms with van der Waals surface area (Å²) < 4.78 is 34.5. The average molecular weight is 471 g/mol. The van der Waals surface area contributed by atoms with Crippen LogP contribution in [-0.4, -0.2) is 87.8 Å². The van der Waals surface area contributed by atoms with Crippen molar-refractivity contribution in [2.45, 2.75) is 95.5 Å². The van der Waals surface area contributed by atoms with Gasteiger partial charge in [-0.25, -0.2) is 8.42 Å². The number of aliphatic hydroxyl groups excluding tert-OH is 6. The second kappa shape index (κ2) is 22.8. The van der Waals surface area contributed by atoms with Crippen molar-refractivity contribution in [3.63, 3.8) is 0 Å². The summed E-state index contributed by atoms with van der Waals surface area (Å²) in [6.45, 7) is 0.791. The van der Waals surface area contributed by atoms with Crippen molar-refractivity contribution in [3.05, 3.63) is 0 Å². The number of aliphatic hydroxyl groups is 6. The molecule has 0 aromatic carbocycles. The van der Waals surface area contributed by atoms with E-state index in [9.17, 15) is 13.0 Å². The van der Waals surface area contributed by atoms with Crippen LogP contribution >= 0.6 is 0 Å². The molecule has 10 nitrogen and oxygen atoms in total. The zero-order valence-electron chi connectivity index (χ0n) is 18.2. The minimum absolute atomic E-state index is 0. The first kappa shape index (κ1) is 35.2. The summed E-state index contributed by atoms with van der Waals surface area (Å²) in [6.07, 6.45) is 5.31. The molecule has 12 heteroatoms. The molecule has 0 unspecified atom stereocenters. The summed E-state index contributed by atoms with van der Waals surface area (Å²) in [5.41, 5.74) is 0. The fourth-order valence-corrected chi connectivity index (χ4v) is 2.74. The van der Waals surface area contributed by atoms with Crippen LogP contribution in [0.25, 0.3) is 0 Å². The van der Waals surface area contributed by atoms with Crippen LogP contribution in [0, 0.1) is 0 Å². The molecule has 0 aliphatic rings. The Hall–Kier alpha value is 0.630. The molecule has 0 aromatic heterocycles. The maximum absolute atomic E-state index is 10.1. The Labute approximate surface area is 202 Å². The molecule has 0 saturated carbocycles. The quantitative estimate of drug-likeness (QED) is 0.0547. The summed E-state index contributed by atoms with van der Waals surface area (Å²) in [7, 11) is -4.48. The van der Waals surface area contributed by atoms with E-state index in [0.717, 1.165) is 12.8 Å². The van der Waals surface area contributed by atoms with Gasteiger partial charge in [0.05, 0.1) is 19.8 Å². The molecule has 0 bridgehead atoms. The molecule has 0 aromatic rings. The van der Waals surface area contributed by atoms with Gasteiger partial charge in [0.25, 0.3) is 0 Å². The molecule has 30 heavy (non-hydrogen) atoms. The topological polar surface area (TPSA) is 188 Å². The van der Waals surface area contributed by atoms with E-state index in [1.807, 2.05) is 0 Å². The molecular formula is C18H39NaO10S. The molecule has 0 spiro atoms. The molecule has 0 rings (SSSR count). The van der Waals surface area contributed by atoms with E-state index in [0.29, 0.717) is 6.42 Å². The predicted molar refractivity (Wildman–Crippen MR) is 106 cm³/mol. The van der Waals surface area contributed by atoms with Gasteiger partial charge in [0.1, 0.15) is 24.4 Å². The molecular weight excluding hydrogens is 431 g/mol. The monoisotopic (exact) mass is 470 g/mol. The molecule has 0 aliphatic carbocycles. The molecule has 0 saturated heterocycles. The Kier molecular flexibility index (Phi) is 26.8. The largest absolute Gasteiger partial charge is 1.00 e. The van der Waals surface area contributed by atoms with Crippen LogP contribution in [-0.2, 0) is 14.6 Å². The van der Waals surface area contributed by atoms with Crippen LogP contribution in [0.4, 0.5) is 0 Å². The minimum Gasteiger partial charge on any atom is -0.726 e. The van der Waals surface area contributed by atoms with E-state index in [1.165, 1.54) is 44.9 Å². The third kappa shape index (κ3) is 23.3. The minimum atomic E-state index is -4.48. The average Bonchev–Trinajstić information content (AvgIpc) is 2.69. The van der Waals surface area contributed by atoms with E-state index >= 15 is 0 Å². The van der Waals surface area contributed by atoms with E-state index in [-0.39, 0.29) is 36.2 Å². The van der Waals surface area contributed by atoms with E-state index in [4.69, 9.17) is 30.6 Å². The smallest absolute Gasteiger partial charge is 0.726 e. The van der Waals surface area contributed by atoms with Crippen LogP contribution in [0.15, 0.2) is 0 Å². The zero-order valence-corrected chi connectivity index (χ0v) is 21.0. The van der Waals surface area contributed by atoms with E-state index < -0.39 is 48.0 Å². The van der Waals surface area contributed by atoms with Crippen molar-refractivity contribution in [2.24, 2.45) is 0 Å². The van der Waals surface area contributed by atoms with Gasteiger partial charge in [0, 0.05) is 0 Å². The van der Waals surface area contributed by atoms with Gasteiger partial charge in [0.2, 0.25) is 10.4 Å². The summed E-state index contributed by atoms with van der Waals surface area (Å²) in [5.74, 6) is 0. The SMILES string of the molecule is CCCCCCCCCCCCOS(=O)(=O)[O-].OC[C@@H](O)[C@@H](O)[C@H](O)[C@@H](O)CO.[Na+]. The van der Waals surface area contributed by atoms with Gasteiger partial charge in [-0.3, -0.25) is 4.18 Å². The van der Waals surface area contributed by atoms with Gasteiger partial charge >= 0.3 is 29.6 Å². The predicted octanol–water partition coefficient (Wildman–Crippen LogP) is -3.20. The first-order valence-electron chi connectivity index (χ1n) is 10.1. The van der Waals surface area contributed by atoms with Crippen molar-refractivity contribution in [1.82, 2.24) is 0 Å². The fourth-order valence-electron chi connectivity index (χ4n) is 2.42. The van der Waals surface area contributed by atoms with Crippen molar-refractivity contribution in [1.29, 1.82) is 0 Å². The number of rotatable bonds is 17. The molecule has 0 fully saturated rings. The summed E-state index contributed by atoms with van der Waals surface area (Å²) in [4.78, 5) is 0. The first-order valence-corrected chi connectivity index (χ1v) is 11.5. The van der Waals surface area contributed by atoms with E-state index in [2.05, 4.69) is 11.1 Å². The van der Waals surface area contributed by atoms with Gasteiger partial charge < -0.3 is 35.2 Å². The third-order valence-electron chi connectivity index (χ3n) is 4.24. The Bertz CT molecular complexity index is 438. The Morgan fingerprint density at radius 1 is 0.733 bits per heavy atom. The Morgan fingerprint density at radius 2 is 1.07 bits per heavy atom. The molecule has 0 heterocycles. The maximum atomic E-state index is 10.1. The van der Waals surface area contributed by atoms with E-state index in [1.54, 1.807) is 0 Å². The number of hydrogen-bond donors (Lipinski definition) is 6. The zero-order chi connectivity index (χ0) is 22.7. The molecule has 0 amide bonds. The van der Waals surface area contributed by atoms with Crippen molar-refractivity contribution in [3.8, 4) is 0 Å². The molecule has 6 N–H and O–H groups in total. The van der Waals surface area contributed by atoms with Crippen LogP contribution < -0.4 is 29.6 Å². The maximum Gasteiger partial charge on any atom is 1.00 e. The molecule has 4 atom stereocenters. The van der Waals surface area contributed by atoms with Crippen LogP contribution in [0.2, 0.25) is 0 Å². The third-order valence-corrected chi connectivity index (χ3v) is 4.69. The second-order valence-corrected chi connectivity index (χ2v) is 7.95. The fraction of sp³-hybridized carbons (Fsp3) is 1.00. The number of unbranched alkanes of at least 4 members (excludes halogenated alkanes) is 9. The normalized spacial score (nSPS) is 15.3. The van der Waals surface area contributed by atoms with Gasteiger partial charge in [0.15, 0.2) is 0 Å². The Balaban J connectivity index is -0.000000497. The van der Waals surface area contributed by atoms with Crippen molar-refractivity contribution >= 4 is 10.4 Å². The standard InChI is InChI=1S/C12H26O4S.C6H14O6.Na/c1-2-3-4-5-6-7-8-9-10-11-12-16-17(13,14)15;7-1-3(9)5(11)6(12)4(10)2-8;/h2-12H2,1H3,(H,13,14,15);3-12H,1-2H2;/q;;+1/p-1/t;3-,4+,5-,6-;/m.1./s1. The summed E-state index contributed by atoms with van der Waals surface area (Å²) >= 11 is 0. The van der Waals surface area contributed by atoms with Crippen molar-refractivity contribution in [2.75, 3.05) is 19.8 Å². The van der Waals surface area contributed by atoms with Gasteiger partial charge in [-0.2, -0.15) is 0 Å². The first-order chi connectivity index (χ1) is 13.6.